The van der Waals surface area contributed by atoms with Gasteiger partial charge in [-0.2, -0.15) is 0 Å². The van der Waals surface area contributed by atoms with Crippen molar-refractivity contribution in [1.82, 2.24) is 4.98 Å². The summed E-state index contributed by atoms with van der Waals surface area (Å²) in [6.45, 7) is 0.271. The van der Waals surface area contributed by atoms with Gasteiger partial charge >= 0.3 is 0 Å². The van der Waals surface area contributed by atoms with Gasteiger partial charge in [-0.3, -0.25) is 9.59 Å². The van der Waals surface area contributed by atoms with E-state index in [-0.39, 0.29) is 18.9 Å². The van der Waals surface area contributed by atoms with Crippen LogP contribution in [0, 0.1) is 0 Å². The van der Waals surface area contributed by atoms with Crippen LogP contribution in [-0.2, 0) is 22.6 Å². The van der Waals surface area contributed by atoms with E-state index in [1.165, 1.54) is 6.20 Å². The third-order valence-corrected chi connectivity index (χ3v) is 3.92. The van der Waals surface area contributed by atoms with E-state index in [9.17, 15) is 9.59 Å². The van der Waals surface area contributed by atoms with Crippen molar-refractivity contribution in [2.45, 2.75) is 13.0 Å². The number of benzene rings is 2. The van der Waals surface area contributed by atoms with Gasteiger partial charge in [-0.05, 0) is 29.3 Å². The molecule has 3 N–H and O–H groups in total. The van der Waals surface area contributed by atoms with Gasteiger partial charge in [0.2, 0.25) is 11.8 Å². The van der Waals surface area contributed by atoms with Crippen LogP contribution in [0.1, 0.15) is 11.1 Å². The number of nitrogens with two attached hydrogens (primary N) is 1. The van der Waals surface area contributed by atoms with E-state index in [2.05, 4.69) is 10.3 Å². The molecule has 1 aromatic heterocycles. The molecule has 0 aliphatic heterocycles. The zero-order chi connectivity index (χ0) is 20.5. The molecule has 0 unspecified atom stereocenters. The molecule has 0 bridgehead atoms. The second-order valence-corrected chi connectivity index (χ2v) is 6.28. The first-order valence-corrected chi connectivity index (χ1v) is 9.01. The van der Waals surface area contributed by atoms with Gasteiger partial charge in [0.25, 0.3) is 5.91 Å². The molecule has 0 aliphatic rings. The van der Waals surface area contributed by atoms with Crippen LogP contribution in [-0.4, -0.2) is 23.4 Å². The highest BCUT2D eigenvalue weighted by Gasteiger charge is 2.06. The summed E-state index contributed by atoms with van der Waals surface area (Å²) in [5, 5.41) is 2.71. The molecule has 7 nitrogen and oxygen atoms in total. The van der Waals surface area contributed by atoms with Crippen LogP contribution >= 0.6 is 0 Å². The minimum Gasteiger partial charge on any atom is -0.484 e. The number of nitrogens with one attached hydrogen (secondary N) is 1. The largest absolute Gasteiger partial charge is 0.484 e. The van der Waals surface area contributed by atoms with Gasteiger partial charge < -0.3 is 20.5 Å². The van der Waals surface area contributed by atoms with E-state index in [0.29, 0.717) is 23.9 Å². The number of rotatable bonds is 9. The molecule has 2 aromatic carbocycles. The van der Waals surface area contributed by atoms with E-state index in [1.807, 2.05) is 30.3 Å². The Morgan fingerprint density at radius 3 is 2.31 bits per heavy atom. The Balaban J connectivity index is 1.43. The van der Waals surface area contributed by atoms with Crippen molar-refractivity contribution >= 4 is 17.5 Å². The lowest BCUT2D eigenvalue weighted by molar-refractivity contribution is -0.118. The number of ether oxygens (including phenoxy) is 2. The Labute approximate surface area is 168 Å². The first kappa shape index (κ1) is 19.9. The number of amides is 2. The summed E-state index contributed by atoms with van der Waals surface area (Å²) in [4.78, 5) is 27.1. The first-order chi connectivity index (χ1) is 14.1. The molecular weight excluding hydrogens is 370 g/mol. The molecule has 0 saturated carbocycles. The standard InChI is InChI=1S/C22H21N3O4/c23-20(26)12-16-6-9-19(10-7-16)28-15-21(27)25-18-8-11-22(24-13-18)29-14-17-4-2-1-3-5-17/h1-11,13H,12,14-15H2,(H2,23,26)(H,25,27). The number of aromatic nitrogens is 1. The summed E-state index contributed by atoms with van der Waals surface area (Å²) < 4.78 is 11.1. The molecule has 0 aliphatic carbocycles. The molecule has 2 amide bonds. The quantitative estimate of drug-likeness (QED) is 0.584. The third-order valence-electron chi connectivity index (χ3n) is 3.92. The Bertz CT molecular complexity index is 942. The van der Waals surface area contributed by atoms with E-state index in [1.54, 1.807) is 36.4 Å². The Morgan fingerprint density at radius 1 is 0.897 bits per heavy atom. The maximum Gasteiger partial charge on any atom is 0.262 e. The minimum absolute atomic E-state index is 0.151. The number of nitrogens with zero attached hydrogens (tertiary/aromatic N) is 1. The van der Waals surface area contributed by atoms with E-state index >= 15 is 0 Å². The van der Waals surface area contributed by atoms with Crippen LogP contribution in [0.4, 0.5) is 5.69 Å². The summed E-state index contributed by atoms with van der Waals surface area (Å²) in [6.07, 6.45) is 1.69. The SMILES string of the molecule is NC(=O)Cc1ccc(OCC(=O)Nc2ccc(OCc3ccccc3)nc2)cc1. The number of carbonyl (C=O) groups is 2. The summed E-state index contributed by atoms with van der Waals surface area (Å²) >= 11 is 0. The fraction of sp³-hybridized carbons (Fsp3) is 0.136. The number of hydrogen-bond donors (Lipinski definition) is 2. The third kappa shape index (κ3) is 6.66. The zero-order valence-corrected chi connectivity index (χ0v) is 15.7. The normalized spacial score (nSPS) is 10.2. The smallest absolute Gasteiger partial charge is 0.262 e. The molecule has 0 radical (unpaired) electrons. The maximum atomic E-state index is 12.0. The van der Waals surface area contributed by atoms with Gasteiger partial charge in [-0.15, -0.1) is 0 Å². The van der Waals surface area contributed by atoms with Crippen molar-refractivity contribution in [3.8, 4) is 11.6 Å². The highest BCUT2D eigenvalue weighted by atomic mass is 16.5. The van der Waals surface area contributed by atoms with Crippen LogP contribution in [0.15, 0.2) is 72.9 Å². The van der Waals surface area contributed by atoms with Gasteiger partial charge in [-0.1, -0.05) is 42.5 Å². The lowest BCUT2D eigenvalue weighted by Crippen LogP contribution is -2.20. The molecule has 29 heavy (non-hydrogen) atoms. The van der Waals surface area contributed by atoms with Gasteiger partial charge in [0.1, 0.15) is 12.4 Å². The zero-order valence-electron chi connectivity index (χ0n) is 15.7. The molecular formula is C22H21N3O4. The first-order valence-electron chi connectivity index (χ1n) is 9.01. The predicted octanol–water partition coefficient (Wildman–Crippen LogP) is 2.71. The molecule has 0 atom stereocenters. The fourth-order valence-electron chi connectivity index (χ4n) is 2.52. The second kappa shape index (κ2) is 9.89. The topological polar surface area (TPSA) is 104 Å². The molecule has 0 fully saturated rings. The fourth-order valence-corrected chi connectivity index (χ4v) is 2.52. The number of pyridine rings is 1. The monoisotopic (exact) mass is 391 g/mol. The van der Waals surface area contributed by atoms with Crippen LogP contribution < -0.4 is 20.5 Å². The molecule has 7 heteroatoms. The molecule has 0 spiro atoms. The molecule has 3 rings (SSSR count). The lowest BCUT2D eigenvalue weighted by Gasteiger charge is -2.09. The molecule has 148 valence electrons. The maximum absolute atomic E-state index is 12.0. The van der Waals surface area contributed by atoms with Crippen molar-refractivity contribution in [3.63, 3.8) is 0 Å². The highest BCUT2D eigenvalue weighted by molar-refractivity contribution is 5.91. The summed E-state index contributed by atoms with van der Waals surface area (Å²) in [7, 11) is 0. The summed E-state index contributed by atoms with van der Waals surface area (Å²) in [5.41, 5.74) is 7.53. The Hall–Kier alpha value is -3.87. The van der Waals surface area contributed by atoms with Crippen molar-refractivity contribution in [3.05, 3.63) is 84.1 Å². The van der Waals surface area contributed by atoms with Crippen LogP contribution in [0.3, 0.4) is 0 Å². The van der Waals surface area contributed by atoms with E-state index < -0.39 is 5.91 Å². The number of primary amides is 1. The van der Waals surface area contributed by atoms with E-state index in [4.69, 9.17) is 15.2 Å². The predicted molar refractivity (Wildman–Crippen MR) is 108 cm³/mol. The van der Waals surface area contributed by atoms with Crippen molar-refractivity contribution in [2.24, 2.45) is 5.73 Å². The molecule has 1 heterocycles. The highest BCUT2D eigenvalue weighted by Crippen LogP contribution is 2.15. The minimum atomic E-state index is -0.400. The number of hydrogen-bond acceptors (Lipinski definition) is 5. The van der Waals surface area contributed by atoms with Crippen LogP contribution in [0.5, 0.6) is 11.6 Å². The summed E-state index contributed by atoms with van der Waals surface area (Å²) in [5.74, 6) is 0.282. The molecule has 3 aromatic rings. The van der Waals surface area contributed by atoms with Gasteiger partial charge in [0.05, 0.1) is 18.3 Å². The van der Waals surface area contributed by atoms with Crippen LogP contribution in [0.2, 0.25) is 0 Å². The van der Waals surface area contributed by atoms with Crippen LogP contribution in [0.25, 0.3) is 0 Å². The number of anilines is 1. The van der Waals surface area contributed by atoms with Crippen molar-refractivity contribution < 1.29 is 19.1 Å². The van der Waals surface area contributed by atoms with E-state index in [0.717, 1.165) is 11.1 Å². The van der Waals surface area contributed by atoms with Gasteiger partial charge in [0, 0.05) is 6.07 Å². The average molecular weight is 391 g/mol. The Kier molecular flexibility index (Phi) is 6.78. The van der Waals surface area contributed by atoms with Crippen molar-refractivity contribution in [2.75, 3.05) is 11.9 Å². The van der Waals surface area contributed by atoms with Gasteiger partial charge in [0.15, 0.2) is 6.61 Å². The average Bonchev–Trinajstić information content (AvgIpc) is 2.73. The van der Waals surface area contributed by atoms with Crippen molar-refractivity contribution in [1.29, 1.82) is 0 Å². The number of carbonyl (C=O) groups excluding carboxylic acids is 2. The lowest BCUT2D eigenvalue weighted by atomic mass is 10.1. The summed E-state index contributed by atoms with van der Waals surface area (Å²) in [6, 6.07) is 20.0. The van der Waals surface area contributed by atoms with Gasteiger partial charge in [-0.25, -0.2) is 4.98 Å². The Morgan fingerprint density at radius 2 is 1.66 bits per heavy atom. The molecule has 0 saturated heterocycles. The second-order valence-electron chi connectivity index (χ2n) is 6.28.